The number of rotatable bonds is 6. The highest BCUT2D eigenvalue weighted by molar-refractivity contribution is 9.10. The Morgan fingerprint density at radius 3 is 1.76 bits per heavy atom. The van der Waals surface area contributed by atoms with E-state index in [9.17, 15) is 9.59 Å². The lowest BCUT2D eigenvalue weighted by Gasteiger charge is -2.32. The normalized spacial score (nSPS) is 13.9. The molecule has 46 heavy (non-hydrogen) atoms. The average molecular weight is 681 g/mol. The van der Waals surface area contributed by atoms with Crippen molar-refractivity contribution >= 4 is 40.4 Å². The predicted molar refractivity (Wildman–Crippen MR) is 182 cm³/mol. The lowest BCUT2D eigenvalue weighted by atomic mass is 9.79. The summed E-state index contributed by atoms with van der Waals surface area (Å²) >= 11 is 3.35. The van der Waals surface area contributed by atoms with E-state index >= 15 is 0 Å². The average Bonchev–Trinajstić information content (AvgIpc) is 3.25. The molecule has 1 aliphatic heterocycles. The van der Waals surface area contributed by atoms with Gasteiger partial charge in [0.2, 0.25) is 6.54 Å². The van der Waals surface area contributed by atoms with Gasteiger partial charge in [-0.25, -0.2) is 16.2 Å². The molecule has 0 aromatic heterocycles. The summed E-state index contributed by atoms with van der Waals surface area (Å²) in [5.74, 6) is -1.87. The first-order valence-corrected chi connectivity index (χ1v) is 15.1. The fourth-order valence-corrected chi connectivity index (χ4v) is 4.73. The fourth-order valence-electron chi connectivity index (χ4n) is 4.31. The maximum Gasteiger partial charge on any atom is 0.494 e. The molecular weight excluding hydrogens is 647 g/mol. The van der Waals surface area contributed by atoms with Crippen LogP contribution in [-0.2, 0) is 22.3 Å². The van der Waals surface area contributed by atoms with Gasteiger partial charge >= 0.3 is 19.1 Å². The van der Waals surface area contributed by atoms with Crippen LogP contribution < -0.4 is 5.46 Å². The van der Waals surface area contributed by atoms with Crippen molar-refractivity contribution in [2.24, 2.45) is 0 Å². The van der Waals surface area contributed by atoms with E-state index in [0.717, 1.165) is 32.2 Å². The van der Waals surface area contributed by atoms with Crippen molar-refractivity contribution in [3.8, 4) is 17.2 Å². The molecule has 1 aliphatic rings. The van der Waals surface area contributed by atoms with Crippen LogP contribution in [0.1, 0.15) is 59.5 Å². The Morgan fingerprint density at radius 2 is 1.28 bits per heavy atom. The molecule has 2 N–H and O–H groups in total. The zero-order valence-electron chi connectivity index (χ0n) is 26.0. The Hall–Kier alpha value is -4.74. The van der Waals surface area contributed by atoms with Crippen molar-refractivity contribution in [3.63, 3.8) is 0 Å². The molecule has 5 rings (SSSR count). The predicted octanol–water partition coefficient (Wildman–Crippen LogP) is 7.67. The van der Waals surface area contributed by atoms with Crippen molar-refractivity contribution in [3.05, 3.63) is 135 Å². The molecule has 8 nitrogen and oxygen atoms in total. The van der Waals surface area contributed by atoms with Crippen LogP contribution in [0.25, 0.3) is 16.0 Å². The Balaban J connectivity index is 0.000000196. The smallest absolute Gasteiger partial charge is 0.478 e. The number of hydrogen-bond donors (Lipinski definition) is 2. The molecule has 1 saturated heterocycles. The van der Waals surface area contributed by atoms with Crippen LogP contribution in [0.5, 0.6) is 0 Å². The summed E-state index contributed by atoms with van der Waals surface area (Å²) in [5.41, 5.74) is 4.49. The maximum absolute atomic E-state index is 10.8. The van der Waals surface area contributed by atoms with Gasteiger partial charge in [0.15, 0.2) is 0 Å². The molecule has 234 valence electrons. The van der Waals surface area contributed by atoms with E-state index < -0.39 is 19.1 Å². The minimum Gasteiger partial charge on any atom is -0.478 e. The van der Waals surface area contributed by atoms with Crippen LogP contribution in [-0.4, -0.2) is 40.5 Å². The molecule has 0 atom stereocenters. The van der Waals surface area contributed by atoms with Gasteiger partial charge in [0, 0.05) is 10.0 Å². The van der Waals surface area contributed by atoms with Gasteiger partial charge in [-0.1, -0.05) is 82.7 Å². The fraction of sp³-hybridized carbons (Fsp3) is 0.222. The van der Waals surface area contributed by atoms with Crippen molar-refractivity contribution in [1.29, 1.82) is 5.26 Å². The molecular formula is C36H34BBrN2O6. The maximum atomic E-state index is 10.8. The largest absolute Gasteiger partial charge is 0.494 e. The van der Waals surface area contributed by atoms with E-state index in [0.29, 0.717) is 13.0 Å². The van der Waals surface area contributed by atoms with Crippen LogP contribution >= 0.6 is 15.9 Å². The highest BCUT2D eigenvalue weighted by atomic mass is 79.9. The summed E-state index contributed by atoms with van der Waals surface area (Å²) in [6.45, 7) is 15.2. The first-order chi connectivity index (χ1) is 21.8. The van der Waals surface area contributed by atoms with Crippen LogP contribution in [0.4, 0.5) is 0 Å². The SMILES string of the molecule is CC1(C)OB(c2ccc(C(=O)O)cc2)OC1(C)C.N#CCc1ccccc1Br.[C-]#[N+]Cc1ccccc1-c1ccc(C(=O)O)cc1. The molecule has 0 spiro atoms. The first-order valence-electron chi connectivity index (χ1n) is 14.3. The highest BCUT2D eigenvalue weighted by Crippen LogP contribution is 2.36. The van der Waals surface area contributed by atoms with E-state index in [1.54, 1.807) is 48.5 Å². The van der Waals surface area contributed by atoms with Gasteiger partial charge in [0.25, 0.3) is 0 Å². The van der Waals surface area contributed by atoms with E-state index in [1.165, 1.54) is 0 Å². The van der Waals surface area contributed by atoms with Crippen LogP contribution in [0, 0.1) is 17.9 Å². The lowest BCUT2D eigenvalue weighted by molar-refractivity contribution is 0.00578. The quantitative estimate of drug-likeness (QED) is 0.158. The first kappa shape index (κ1) is 35.7. The highest BCUT2D eigenvalue weighted by Gasteiger charge is 2.51. The van der Waals surface area contributed by atoms with Gasteiger partial charge < -0.3 is 24.4 Å². The number of carboxylic acids is 2. The standard InChI is InChI=1S/C15H11NO2.C13H17BO4.C8H6BrN/c1-16-10-13-4-2-3-5-14(13)11-6-8-12(9-7-11)15(17)18;1-12(2)13(3,4)18-14(17-12)10-7-5-9(6-8-10)11(15)16;9-8-4-2-1-3-7(8)5-6-10/h2-9H,10H2,(H,17,18);5-8H,1-4H3,(H,15,16);1-4H,5H2. The van der Waals surface area contributed by atoms with Gasteiger partial charge in [-0.2, -0.15) is 5.26 Å². The van der Waals surface area contributed by atoms with Crippen LogP contribution in [0.3, 0.4) is 0 Å². The van der Waals surface area contributed by atoms with Gasteiger partial charge in [-0.15, -0.1) is 0 Å². The van der Waals surface area contributed by atoms with E-state index in [4.69, 9.17) is 31.4 Å². The summed E-state index contributed by atoms with van der Waals surface area (Å²) in [6.07, 6.45) is 0.474. The molecule has 0 amide bonds. The third-order valence-corrected chi connectivity index (χ3v) is 8.39. The number of halogens is 1. The molecule has 1 fully saturated rings. The summed E-state index contributed by atoms with van der Waals surface area (Å²) in [6, 6.07) is 30.8. The van der Waals surface area contributed by atoms with E-state index in [-0.39, 0.29) is 22.3 Å². The number of carboxylic acid groups (broad SMARTS) is 2. The minimum absolute atomic E-state index is 0.260. The number of hydrogen-bond acceptors (Lipinski definition) is 5. The van der Waals surface area contributed by atoms with Crippen molar-refractivity contribution in [1.82, 2.24) is 0 Å². The monoisotopic (exact) mass is 680 g/mol. The number of nitriles is 1. The number of nitrogens with zero attached hydrogens (tertiary/aromatic N) is 2. The summed E-state index contributed by atoms with van der Waals surface area (Å²) in [7, 11) is -0.446. The number of aromatic carboxylic acids is 2. The molecule has 0 unspecified atom stereocenters. The van der Waals surface area contributed by atoms with Gasteiger partial charge in [-0.3, -0.25) is 0 Å². The van der Waals surface area contributed by atoms with E-state index in [1.807, 2.05) is 76.2 Å². The van der Waals surface area contributed by atoms with E-state index in [2.05, 4.69) is 26.8 Å². The zero-order valence-corrected chi connectivity index (χ0v) is 27.6. The second kappa shape index (κ2) is 16.0. The number of carbonyl (C=O) groups is 2. The summed E-state index contributed by atoms with van der Waals surface area (Å²) in [5, 5.41) is 26.1. The van der Waals surface area contributed by atoms with Crippen LogP contribution in [0.2, 0.25) is 0 Å². The van der Waals surface area contributed by atoms with Gasteiger partial charge in [0.05, 0.1) is 34.8 Å². The van der Waals surface area contributed by atoms with Crippen molar-refractivity contribution in [2.45, 2.75) is 51.9 Å². The minimum atomic E-state index is -0.935. The second-order valence-electron chi connectivity index (χ2n) is 11.3. The molecule has 0 radical (unpaired) electrons. The third kappa shape index (κ3) is 9.39. The molecule has 4 aromatic carbocycles. The van der Waals surface area contributed by atoms with Crippen molar-refractivity contribution in [2.75, 3.05) is 0 Å². The Kier molecular flexibility index (Phi) is 12.4. The van der Waals surface area contributed by atoms with Crippen molar-refractivity contribution < 1.29 is 29.1 Å². The molecule has 0 saturated carbocycles. The molecule has 10 heteroatoms. The summed E-state index contributed by atoms with van der Waals surface area (Å²) in [4.78, 5) is 24.9. The zero-order chi connectivity index (χ0) is 33.9. The summed E-state index contributed by atoms with van der Waals surface area (Å²) < 4.78 is 12.8. The third-order valence-electron chi connectivity index (χ3n) is 7.62. The Labute approximate surface area is 278 Å². The number of benzene rings is 4. The lowest BCUT2D eigenvalue weighted by Crippen LogP contribution is -2.41. The topological polar surface area (TPSA) is 121 Å². The van der Waals surface area contributed by atoms with Crippen LogP contribution in [0.15, 0.2) is 102 Å². The molecule has 0 bridgehead atoms. The molecule has 4 aromatic rings. The molecule has 1 heterocycles. The van der Waals surface area contributed by atoms with Gasteiger partial charge in [0.1, 0.15) is 0 Å². The second-order valence-corrected chi connectivity index (χ2v) is 12.2. The van der Waals surface area contributed by atoms with Gasteiger partial charge in [-0.05, 0) is 80.2 Å². The molecule has 0 aliphatic carbocycles. The Bertz CT molecular complexity index is 1730. The Morgan fingerprint density at radius 1 is 0.804 bits per heavy atom.